The number of nitrogens with one attached hydrogen (secondary N) is 1. The lowest BCUT2D eigenvalue weighted by atomic mass is 9.79. The lowest BCUT2D eigenvalue weighted by Crippen LogP contribution is -2.63. The molecule has 0 spiro atoms. The van der Waals surface area contributed by atoms with Gasteiger partial charge in [-0.2, -0.15) is 8.42 Å². The van der Waals surface area contributed by atoms with Crippen LogP contribution in [0.4, 0.5) is 0 Å². The molecule has 1 amide bonds. The zero-order valence-electron chi connectivity index (χ0n) is 21.2. The van der Waals surface area contributed by atoms with Gasteiger partial charge in [0.1, 0.15) is 11.4 Å². The van der Waals surface area contributed by atoms with Gasteiger partial charge in [-0.25, -0.2) is 14.7 Å². The molecule has 6 atom stereocenters. The number of carboxylic acids is 1. The number of hydrogen-bond acceptors (Lipinski definition) is 8. The molecule has 0 aromatic heterocycles. The minimum absolute atomic E-state index is 0.00881. The molecule has 3 aliphatic heterocycles. The van der Waals surface area contributed by atoms with E-state index < -0.39 is 28.2 Å². The second-order valence-corrected chi connectivity index (χ2v) is 12.8. The molecule has 37 heavy (non-hydrogen) atoms. The van der Waals surface area contributed by atoms with E-state index in [0.717, 1.165) is 16.9 Å². The summed E-state index contributed by atoms with van der Waals surface area (Å²) in [4.78, 5) is 28.9. The number of likely N-dealkylation sites (tertiary alicyclic amines) is 1. The van der Waals surface area contributed by atoms with Crippen molar-refractivity contribution >= 4 is 33.8 Å². The van der Waals surface area contributed by atoms with E-state index >= 15 is 0 Å². The number of rotatable bonds is 10. The second kappa shape index (κ2) is 10.5. The van der Waals surface area contributed by atoms with Crippen molar-refractivity contribution in [2.24, 2.45) is 17.0 Å². The standard InChI is InChI=1S/C24H34N4O7S2/c1-12-5-15(7-17(6-12)35-4)10-27-11-18(8-16(27)9-26-37(25,33)34)36-22-13(2)20-19(14(3)29)23(30)28(20)21(22)24(31)32/h5-7,13-14,16,18-20,26,29H,8-11H2,1-4H3,(H,31,32)(H2,25,33,34)/t13-,14-,16+,18+,19-,20-/m1/s1. The molecule has 0 unspecified atom stereocenters. The number of carboxylic acid groups (broad SMARTS) is 1. The van der Waals surface area contributed by atoms with Crippen LogP contribution in [-0.2, 0) is 26.3 Å². The summed E-state index contributed by atoms with van der Waals surface area (Å²) in [6.45, 7) is 6.67. The van der Waals surface area contributed by atoms with E-state index in [1.807, 2.05) is 32.0 Å². The van der Waals surface area contributed by atoms with Crippen molar-refractivity contribution in [3.05, 3.63) is 39.9 Å². The Bertz CT molecular complexity index is 1220. The normalized spacial score (nSPS) is 28.9. The number of carbonyl (C=O) groups excluding carboxylic acids is 1. The number of aliphatic hydroxyl groups excluding tert-OH is 1. The van der Waals surface area contributed by atoms with Crippen molar-refractivity contribution in [3.8, 4) is 5.75 Å². The van der Waals surface area contributed by atoms with Crippen molar-refractivity contribution < 1.29 is 33.0 Å². The van der Waals surface area contributed by atoms with E-state index in [0.29, 0.717) is 24.4 Å². The highest BCUT2D eigenvalue weighted by Crippen LogP contribution is 2.52. The summed E-state index contributed by atoms with van der Waals surface area (Å²) >= 11 is 1.43. The fourth-order valence-electron chi connectivity index (χ4n) is 5.77. The number of methoxy groups -OCH3 is 1. The van der Waals surface area contributed by atoms with Crippen molar-refractivity contribution in [1.29, 1.82) is 0 Å². The highest BCUT2D eigenvalue weighted by molar-refractivity contribution is 8.03. The molecule has 1 aromatic carbocycles. The molecule has 0 bridgehead atoms. The fourth-order valence-corrected chi connectivity index (χ4v) is 7.79. The first-order valence-electron chi connectivity index (χ1n) is 12.1. The molecule has 1 aromatic rings. The minimum Gasteiger partial charge on any atom is -0.497 e. The Morgan fingerprint density at radius 1 is 1.35 bits per heavy atom. The fraction of sp³-hybridized carbons (Fsp3) is 0.583. The Hall–Kier alpha value is -2.16. The van der Waals surface area contributed by atoms with Gasteiger partial charge in [-0.05, 0) is 43.5 Å². The molecule has 4 rings (SSSR count). The Morgan fingerprint density at radius 2 is 2.05 bits per heavy atom. The first-order chi connectivity index (χ1) is 17.3. The first-order valence-corrected chi connectivity index (χ1v) is 14.5. The summed E-state index contributed by atoms with van der Waals surface area (Å²) < 4.78 is 31.0. The van der Waals surface area contributed by atoms with Crippen molar-refractivity contribution in [1.82, 2.24) is 14.5 Å². The Labute approximate surface area is 221 Å². The number of ether oxygens (including phenoxy) is 1. The van der Waals surface area contributed by atoms with Crippen LogP contribution in [0, 0.1) is 18.8 Å². The molecule has 3 heterocycles. The maximum Gasteiger partial charge on any atom is 0.353 e. The third-order valence-electron chi connectivity index (χ3n) is 7.35. The number of amides is 1. The Balaban J connectivity index is 1.57. The molecule has 11 nitrogen and oxygen atoms in total. The number of hydrogen-bond donors (Lipinski definition) is 4. The van der Waals surface area contributed by atoms with Gasteiger partial charge < -0.3 is 19.8 Å². The number of β-lactam (4-membered cyclic amide) rings is 1. The molecule has 3 aliphatic rings. The van der Waals surface area contributed by atoms with E-state index in [1.165, 1.54) is 16.7 Å². The number of thioether (sulfide) groups is 1. The SMILES string of the molecule is COc1cc(C)cc(CN2C[C@@H](SC3=C(C(=O)O)N4C(=O)[C@H]([C@@H](C)O)[C@H]4[C@H]3C)C[C@H]2CNS(N)(=O)=O)c1. The number of nitrogens with zero attached hydrogens (tertiary/aromatic N) is 2. The first kappa shape index (κ1) is 27.9. The van der Waals surface area contributed by atoms with Crippen LogP contribution in [-0.4, -0.2) is 83.9 Å². The molecular formula is C24H34N4O7S2. The topological polar surface area (TPSA) is 162 Å². The second-order valence-electron chi connectivity index (χ2n) is 10.1. The molecule has 13 heteroatoms. The zero-order chi connectivity index (χ0) is 27.2. The molecular weight excluding hydrogens is 520 g/mol. The molecule has 2 fully saturated rings. The van der Waals surface area contributed by atoms with Gasteiger partial charge in [0.15, 0.2) is 0 Å². The Morgan fingerprint density at radius 3 is 2.65 bits per heavy atom. The monoisotopic (exact) mass is 554 g/mol. The van der Waals surface area contributed by atoms with Crippen LogP contribution in [0.1, 0.15) is 31.4 Å². The van der Waals surface area contributed by atoms with Crippen LogP contribution < -0.4 is 14.6 Å². The number of aliphatic carboxylic acids is 1. The largest absolute Gasteiger partial charge is 0.497 e. The lowest BCUT2D eigenvalue weighted by molar-refractivity contribution is -0.163. The van der Waals surface area contributed by atoms with Crippen LogP contribution in [0.5, 0.6) is 5.75 Å². The van der Waals surface area contributed by atoms with Gasteiger partial charge >= 0.3 is 5.97 Å². The van der Waals surface area contributed by atoms with Gasteiger partial charge in [0.05, 0.1) is 25.2 Å². The summed E-state index contributed by atoms with van der Waals surface area (Å²) in [5.74, 6) is -1.65. The summed E-state index contributed by atoms with van der Waals surface area (Å²) in [5, 5.41) is 25.2. The summed E-state index contributed by atoms with van der Waals surface area (Å²) in [7, 11) is -2.28. The third kappa shape index (κ3) is 5.66. The summed E-state index contributed by atoms with van der Waals surface area (Å²) in [6, 6.07) is 5.37. The number of carbonyl (C=O) groups is 2. The highest BCUT2D eigenvalue weighted by Gasteiger charge is 2.60. The number of aliphatic hydroxyl groups is 1. The third-order valence-corrected chi connectivity index (χ3v) is 9.41. The average molecular weight is 555 g/mol. The number of benzene rings is 1. The minimum atomic E-state index is -3.88. The number of nitrogens with two attached hydrogens (primary N) is 1. The van der Waals surface area contributed by atoms with Gasteiger partial charge in [0, 0.05) is 41.7 Å². The lowest BCUT2D eigenvalue weighted by Gasteiger charge is -2.46. The molecule has 0 aliphatic carbocycles. The molecule has 5 N–H and O–H groups in total. The number of fused-ring (bicyclic) bond motifs is 1. The van der Waals surface area contributed by atoms with Crippen LogP contribution in [0.15, 0.2) is 28.8 Å². The zero-order valence-corrected chi connectivity index (χ0v) is 22.9. The molecule has 204 valence electrons. The predicted octanol–water partition coefficient (Wildman–Crippen LogP) is 0.627. The van der Waals surface area contributed by atoms with E-state index in [1.54, 1.807) is 14.0 Å². The molecule has 2 saturated heterocycles. The molecule has 0 radical (unpaired) electrons. The van der Waals surface area contributed by atoms with Crippen molar-refractivity contribution in [2.75, 3.05) is 20.2 Å². The van der Waals surface area contributed by atoms with Crippen LogP contribution in [0.2, 0.25) is 0 Å². The van der Waals surface area contributed by atoms with E-state index in [-0.39, 0.29) is 41.4 Å². The summed E-state index contributed by atoms with van der Waals surface area (Å²) in [5.41, 5.74) is 2.04. The van der Waals surface area contributed by atoms with Gasteiger partial charge in [0.25, 0.3) is 10.2 Å². The van der Waals surface area contributed by atoms with Gasteiger partial charge in [-0.3, -0.25) is 9.69 Å². The van der Waals surface area contributed by atoms with Gasteiger partial charge in [-0.15, -0.1) is 11.8 Å². The predicted molar refractivity (Wildman–Crippen MR) is 139 cm³/mol. The number of aryl methyl sites for hydroxylation is 1. The van der Waals surface area contributed by atoms with Crippen LogP contribution in [0.3, 0.4) is 0 Å². The van der Waals surface area contributed by atoms with Crippen molar-refractivity contribution in [2.45, 2.75) is 57.2 Å². The smallest absolute Gasteiger partial charge is 0.353 e. The highest BCUT2D eigenvalue weighted by atomic mass is 32.2. The van der Waals surface area contributed by atoms with E-state index in [2.05, 4.69) is 9.62 Å². The van der Waals surface area contributed by atoms with Crippen LogP contribution in [0.25, 0.3) is 0 Å². The maximum atomic E-state index is 12.7. The quantitative estimate of drug-likeness (QED) is 0.304. The van der Waals surface area contributed by atoms with Crippen molar-refractivity contribution in [3.63, 3.8) is 0 Å². The average Bonchev–Trinajstić information content (AvgIpc) is 3.27. The van der Waals surface area contributed by atoms with Gasteiger partial charge in [-0.1, -0.05) is 13.0 Å². The van der Waals surface area contributed by atoms with E-state index in [9.17, 15) is 28.2 Å². The van der Waals surface area contributed by atoms with E-state index in [4.69, 9.17) is 9.88 Å². The van der Waals surface area contributed by atoms with Crippen LogP contribution >= 0.6 is 11.8 Å². The Kier molecular flexibility index (Phi) is 7.94. The summed E-state index contributed by atoms with van der Waals surface area (Å²) in [6.07, 6.45) is -0.268. The molecule has 0 saturated carbocycles. The maximum absolute atomic E-state index is 12.7. The van der Waals surface area contributed by atoms with Gasteiger partial charge in [0.2, 0.25) is 5.91 Å².